The summed E-state index contributed by atoms with van der Waals surface area (Å²) in [6.45, 7) is 1.17. The molecule has 7 heteroatoms. The monoisotopic (exact) mass is 462 g/mol. The number of methoxy groups -OCH3 is 2. The van der Waals surface area contributed by atoms with E-state index in [9.17, 15) is 4.79 Å². The van der Waals surface area contributed by atoms with E-state index in [1.54, 1.807) is 26.4 Å². The summed E-state index contributed by atoms with van der Waals surface area (Å²) in [6, 6.07) is 17.3. The molecule has 3 aromatic carbocycles. The molecule has 0 bridgehead atoms. The van der Waals surface area contributed by atoms with Crippen molar-refractivity contribution in [3.05, 3.63) is 81.9 Å². The highest BCUT2D eigenvalue weighted by Gasteiger charge is 2.32. The minimum Gasteiger partial charge on any atom is -0.497 e. The molecular formula is C26H23ClN2O4. The van der Waals surface area contributed by atoms with Crippen LogP contribution in [0.1, 0.15) is 22.3 Å². The summed E-state index contributed by atoms with van der Waals surface area (Å²) in [6.07, 6.45) is 0.801. The number of rotatable bonds is 6. The van der Waals surface area contributed by atoms with Gasteiger partial charge in [-0.15, -0.1) is 0 Å². The zero-order valence-corrected chi connectivity index (χ0v) is 19.1. The number of ether oxygens (including phenoxy) is 3. The van der Waals surface area contributed by atoms with Gasteiger partial charge in [-0.3, -0.25) is 4.79 Å². The number of hydrogen-bond donors (Lipinski definition) is 2. The van der Waals surface area contributed by atoms with Crippen molar-refractivity contribution in [3.63, 3.8) is 0 Å². The van der Waals surface area contributed by atoms with Gasteiger partial charge in [0.25, 0.3) is 5.91 Å². The molecule has 2 N–H and O–H groups in total. The third kappa shape index (κ3) is 3.98. The van der Waals surface area contributed by atoms with E-state index in [1.807, 2.05) is 36.4 Å². The molecule has 168 valence electrons. The molecule has 33 heavy (non-hydrogen) atoms. The van der Waals surface area contributed by atoms with Crippen LogP contribution in [0.15, 0.2) is 54.6 Å². The van der Waals surface area contributed by atoms with E-state index in [4.69, 9.17) is 25.8 Å². The summed E-state index contributed by atoms with van der Waals surface area (Å²) in [4.78, 5) is 12.7. The van der Waals surface area contributed by atoms with Crippen LogP contribution in [-0.2, 0) is 22.6 Å². The van der Waals surface area contributed by atoms with Gasteiger partial charge in [0, 0.05) is 40.0 Å². The first kappa shape index (κ1) is 21.2. The standard InChI is InChI=1S/C26H23ClN2O4/c1-31-19-6-3-15(23(13-19)32-2)9-10-28-18-5-8-20-16(11-18)14-33-25(20)24-21-7-4-17(27)12-22(21)29-26(24)30/h3-8,11-13,28H,9-10,14H2,1-2H3,(H,29,30). The minimum absolute atomic E-state index is 0.175. The molecule has 2 aliphatic rings. The predicted octanol–water partition coefficient (Wildman–Crippen LogP) is 5.36. The van der Waals surface area contributed by atoms with Crippen molar-refractivity contribution in [1.82, 2.24) is 0 Å². The minimum atomic E-state index is -0.175. The van der Waals surface area contributed by atoms with E-state index in [-0.39, 0.29) is 5.91 Å². The molecule has 1 amide bonds. The van der Waals surface area contributed by atoms with Crippen molar-refractivity contribution >= 4 is 40.2 Å². The number of fused-ring (bicyclic) bond motifs is 2. The van der Waals surface area contributed by atoms with E-state index in [0.29, 0.717) is 28.6 Å². The van der Waals surface area contributed by atoms with Crippen molar-refractivity contribution < 1.29 is 19.0 Å². The number of nitrogens with one attached hydrogen (secondary N) is 2. The maximum atomic E-state index is 12.7. The summed E-state index contributed by atoms with van der Waals surface area (Å²) >= 11 is 6.07. The Labute approximate surface area is 197 Å². The summed E-state index contributed by atoms with van der Waals surface area (Å²) in [5.74, 6) is 2.02. The second-order valence-electron chi connectivity index (χ2n) is 7.86. The molecule has 0 aromatic heterocycles. The van der Waals surface area contributed by atoms with Gasteiger partial charge in [0.1, 0.15) is 23.9 Å². The Hall–Kier alpha value is -3.64. The van der Waals surface area contributed by atoms with Crippen LogP contribution in [-0.4, -0.2) is 26.7 Å². The van der Waals surface area contributed by atoms with Crippen molar-refractivity contribution in [1.29, 1.82) is 0 Å². The highest BCUT2D eigenvalue weighted by atomic mass is 35.5. The molecule has 0 unspecified atom stereocenters. The van der Waals surface area contributed by atoms with Gasteiger partial charge in [-0.05, 0) is 48.4 Å². The second-order valence-corrected chi connectivity index (χ2v) is 8.30. The van der Waals surface area contributed by atoms with Crippen LogP contribution in [0.25, 0.3) is 11.3 Å². The molecule has 2 aliphatic heterocycles. The summed E-state index contributed by atoms with van der Waals surface area (Å²) in [7, 11) is 3.30. The summed E-state index contributed by atoms with van der Waals surface area (Å²) in [5.41, 5.74) is 6.15. The fraction of sp³-hybridized carbons (Fsp3) is 0.192. The number of hydrogen-bond acceptors (Lipinski definition) is 5. The smallest absolute Gasteiger partial charge is 0.260 e. The van der Waals surface area contributed by atoms with Crippen molar-refractivity contribution in [2.24, 2.45) is 0 Å². The SMILES string of the molecule is COc1ccc(CCNc2ccc3c(c2)COC3=C2C(=O)Nc3cc(Cl)ccc32)c(OC)c1. The Morgan fingerprint density at radius 1 is 1.03 bits per heavy atom. The van der Waals surface area contributed by atoms with Crippen LogP contribution in [0.3, 0.4) is 0 Å². The average molecular weight is 463 g/mol. The fourth-order valence-corrected chi connectivity index (χ4v) is 4.42. The van der Waals surface area contributed by atoms with Crippen LogP contribution in [0, 0.1) is 0 Å². The first-order valence-corrected chi connectivity index (χ1v) is 11.0. The van der Waals surface area contributed by atoms with Crippen LogP contribution < -0.4 is 20.1 Å². The Morgan fingerprint density at radius 3 is 2.70 bits per heavy atom. The molecule has 0 spiro atoms. The van der Waals surface area contributed by atoms with Gasteiger partial charge in [0.15, 0.2) is 0 Å². The van der Waals surface area contributed by atoms with Crippen molar-refractivity contribution in [2.75, 3.05) is 31.4 Å². The largest absolute Gasteiger partial charge is 0.497 e. The van der Waals surface area contributed by atoms with Crippen molar-refractivity contribution in [2.45, 2.75) is 13.0 Å². The molecule has 3 aromatic rings. The molecule has 0 atom stereocenters. The Kier molecular flexibility index (Phi) is 5.60. The Morgan fingerprint density at radius 2 is 1.88 bits per heavy atom. The number of halogens is 1. The van der Waals surface area contributed by atoms with Crippen LogP contribution >= 0.6 is 11.6 Å². The maximum absolute atomic E-state index is 12.7. The highest BCUT2D eigenvalue weighted by molar-refractivity contribution is 6.37. The number of carbonyl (C=O) groups excluding carboxylic acids is 1. The number of amides is 1. The van der Waals surface area contributed by atoms with Crippen LogP contribution in [0.2, 0.25) is 5.02 Å². The molecule has 2 heterocycles. The summed E-state index contributed by atoms with van der Waals surface area (Å²) in [5, 5.41) is 6.92. The topological polar surface area (TPSA) is 68.8 Å². The predicted molar refractivity (Wildman–Crippen MR) is 130 cm³/mol. The summed E-state index contributed by atoms with van der Waals surface area (Å²) < 4.78 is 16.7. The van der Waals surface area contributed by atoms with Crippen molar-refractivity contribution in [3.8, 4) is 11.5 Å². The molecule has 0 aliphatic carbocycles. The lowest BCUT2D eigenvalue weighted by molar-refractivity contribution is -0.110. The average Bonchev–Trinajstić information content (AvgIpc) is 3.37. The maximum Gasteiger partial charge on any atom is 0.260 e. The highest BCUT2D eigenvalue weighted by Crippen LogP contribution is 2.42. The lowest BCUT2D eigenvalue weighted by Crippen LogP contribution is -2.07. The fourth-order valence-electron chi connectivity index (χ4n) is 4.25. The number of carbonyl (C=O) groups is 1. The van der Waals surface area contributed by atoms with Gasteiger partial charge in [-0.2, -0.15) is 0 Å². The quantitative estimate of drug-likeness (QED) is 0.482. The zero-order valence-electron chi connectivity index (χ0n) is 18.3. The van der Waals surface area contributed by atoms with E-state index >= 15 is 0 Å². The molecular weight excluding hydrogens is 440 g/mol. The normalized spacial score (nSPS) is 16.0. The van der Waals surface area contributed by atoms with Gasteiger partial charge < -0.3 is 24.8 Å². The molecule has 0 saturated carbocycles. The van der Waals surface area contributed by atoms with E-state index in [0.717, 1.165) is 52.4 Å². The molecule has 0 radical (unpaired) electrons. The van der Waals surface area contributed by atoms with Gasteiger partial charge >= 0.3 is 0 Å². The molecule has 5 rings (SSSR count). The first-order chi connectivity index (χ1) is 16.1. The number of benzene rings is 3. The number of anilines is 2. The lowest BCUT2D eigenvalue weighted by atomic mass is 10.00. The van der Waals surface area contributed by atoms with Gasteiger partial charge in [-0.1, -0.05) is 23.7 Å². The Balaban J connectivity index is 1.33. The lowest BCUT2D eigenvalue weighted by Gasteiger charge is -2.12. The van der Waals surface area contributed by atoms with Gasteiger partial charge in [0.2, 0.25) is 0 Å². The molecule has 6 nitrogen and oxygen atoms in total. The van der Waals surface area contributed by atoms with Crippen LogP contribution in [0.4, 0.5) is 11.4 Å². The van der Waals surface area contributed by atoms with E-state index < -0.39 is 0 Å². The van der Waals surface area contributed by atoms with Crippen LogP contribution in [0.5, 0.6) is 11.5 Å². The van der Waals surface area contributed by atoms with Gasteiger partial charge in [-0.25, -0.2) is 0 Å². The van der Waals surface area contributed by atoms with E-state index in [1.165, 1.54) is 0 Å². The second kappa shape index (κ2) is 8.71. The molecule has 0 saturated heterocycles. The Bertz CT molecular complexity index is 1290. The van der Waals surface area contributed by atoms with Gasteiger partial charge in [0.05, 0.1) is 25.5 Å². The zero-order chi connectivity index (χ0) is 22.9. The first-order valence-electron chi connectivity index (χ1n) is 10.6. The third-order valence-corrected chi connectivity index (χ3v) is 6.13. The van der Waals surface area contributed by atoms with E-state index in [2.05, 4.69) is 16.7 Å². The molecule has 0 fully saturated rings. The third-order valence-electron chi connectivity index (χ3n) is 5.89.